The summed E-state index contributed by atoms with van der Waals surface area (Å²) in [5.41, 5.74) is 3.73. The number of sulfone groups is 1. The summed E-state index contributed by atoms with van der Waals surface area (Å²) < 4.78 is 27.2. The Labute approximate surface area is 132 Å². The van der Waals surface area contributed by atoms with Crippen LogP contribution < -0.4 is 4.72 Å². The van der Waals surface area contributed by atoms with Gasteiger partial charge >= 0.3 is 0 Å². The number of benzene rings is 2. The molecule has 2 heterocycles. The predicted molar refractivity (Wildman–Crippen MR) is 89.8 cm³/mol. The first-order valence-electron chi connectivity index (χ1n) is 6.70. The molecular weight excluding hydrogens is 316 g/mol. The van der Waals surface area contributed by atoms with Crippen LogP contribution in [0.3, 0.4) is 0 Å². The Morgan fingerprint density at radius 2 is 1.86 bits per heavy atom. The van der Waals surface area contributed by atoms with Crippen molar-refractivity contribution in [1.29, 1.82) is 0 Å². The lowest BCUT2D eigenvalue weighted by molar-refractivity contribution is 0.602. The van der Waals surface area contributed by atoms with E-state index in [1.165, 1.54) is 18.2 Å². The third-order valence-corrected chi connectivity index (χ3v) is 5.75. The number of hydrogen-bond acceptors (Lipinski definition) is 5. The smallest absolute Gasteiger partial charge is 0.176 e. The van der Waals surface area contributed by atoms with Crippen LogP contribution in [-0.2, 0) is 9.84 Å². The van der Waals surface area contributed by atoms with Crippen LogP contribution in [0.15, 0.2) is 58.5 Å². The van der Waals surface area contributed by atoms with Gasteiger partial charge < -0.3 is 4.72 Å². The van der Waals surface area contributed by atoms with Crippen molar-refractivity contribution in [1.82, 2.24) is 4.98 Å². The number of fused-ring (bicyclic) bond motifs is 5. The number of aromatic nitrogens is 1. The second kappa shape index (κ2) is 4.72. The van der Waals surface area contributed by atoms with Crippen molar-refractivity contribution in [3.63, 3.8) is 0 Å². The second-order valence-electron chi connectivity index (χ2n) is 5.17. The van der Waals surface area contributed by atoms with E-state index in [4.69, 9.17) is 0 Å². The van der Waals surface area contributed by atoms with Crippen molar-refractivity contribution in [3.05, 3.63) is 48.7 Å². The highest BCUT2D eigenvalue weighted by Crippen LogP contribution is 2.45. The molecule has 0 saturated carbocycles. The molecule has 0 aliphatic carbocycles. The highest BCUT2D eigenvalue weighted by atomic mass is 32.2. The summed E-state index contributed by atoms with van der Waals surface area (Å²) in [6, 6.07) is 13.5. The molecule has 1 aliphatic rings. The third kappa shape index (κ3) is 1.99. The van der Waals surface area contributed by atoms with Crippen LogP contribution >= 0.6 is 11.9 Å². The lowest BCUT2D eigenvalue weighted by Gasteiger charge is -2.21. The van der Waals surface area contributed by atoms with Crippen molar-refractivity contribution in [2.45, 2.75) is 9.79 Å². The van der Waals surface area contributed by atoms with E-state index in [0.29, 0.717) is 15.8 Å². The molecule has 0 unspecified atom stereocenters. The predicted octanol–water partition coefficient (Wildman–Crippen LogP) is 3.74. The van der Waals surface area contributed by atoms with Crippen molar-refractivity contribution in [3.8, 4) is 11.1 Å². The lowest BCUT2D eigenvalue weighted by atomic mass is 10.0. The van der Waals surface area contributed by atoms with Gasteiger partial charge in [0.15, 0.2) is 9.84 Å². The molecular formula is C16H12N2O2S2. The Morgan fingerprint density at radius 1 is 1.05 bits per heavy atom. The lowest BCUT2D eigenvalue weighted by Crippen LogP contribution is -2.03. The van der Waals surface area contributed by atoms with Gasteiger partial charge in [-0.1, -0.05) is 30.3 Å². The van der Waals surface area contributed by atoms with E-state index in [1.807, 2.05) is 24.3 Å². The largest absolute Gasteiger partial charge is 0.323 e. The Bertz CT molecular complexity index is 1010. The molecule has 1 aromatic heterocycles. The zero-order valence-electron chi connectivity index (χ0n) is 11.7. The van der Waals surface area contributed by atoms with Gasteiger partial charge in [0.25, 0.3) is 0 Å². The molecule has 0 saturated heterocycles. The van der Waals surface area contributed by atoms with Gasteiger partial charge in [-0.05, 0) is 29.6 Å². The molecule has 1 aliphatic heterocycles. The van der Waals surface area contributed by atoms with Gasteiger partial charge in [0.05, 0.1) is 16.1 Å². The third-order valence-electron chi connectivity index (χ3n) is 3.71. The maximum atomic E-state index is 12.0. The molecule has 6 heteroatoms. The summed E-state index contributed by atoms with van der Waals surface area (Å²) in [5.74, 6) is 0. The average molecular weight is 328 g/mol. The molecule has 0 atom stereocenters. The van der Waals surface area contributed by atoms with Crippen molar-refractivity contribution < 1.29 is 8.42 Å². The Balaban J connectivity index is 2.08. The van der Waals surface area contributed by atoms with Crippen LogP contribution in [-0.4, -0.2) is 19.7 Å². The fraction of sp³-hybridized carbons (Fsp3) is 0.0625. The van der Waals surface area contributed by atoms with Crippen LogP contribution in [0.5, 0.6) is 0 Å². The van der Waals surface area contributed by atoms with E-state index in [1.54, 1.807) is 12.3 Å². The number of pyridine rings is 1. The molecule has 1 N–H and O–H groups in total. The molecule has 4 rings (SSSR count). The summed E-state index contributed by atoms with van der Waals surface area (Å²) in [4.78, 5) is 5.86. The number of anilines is 1. The van der Waals surface area contributed by atoms with Crippen molar-refractivity contribution >= 4 is 38.4 Å². The van der Waals surface area contributed by atoms with E-state index in [-0.39, 0.29) is 0 Å². The summed E-state index contributed by atoms with van der Waals surface area (Å²) in [6.45, 7) is 0. The first kappa shape index (κ1) is 13.6. The summed E-state index contributed by atoms with van der Waals surface area (Å²) in [6.07, 6.45) is 2.77. The summed E-state index contributed by atoms with van der Waals surface area (Å²) in [7, 11) is -3.29. The van der Waals surface area contributed by atoms with Gasteiger partial charge in [-0.2, -0.15) is 0 Å². The molecule has 4 nitrogen and oxygen atoms in total. The van der Waals surface area contributed by atoms with Crippen LogP contribution in [0, 0.1) is 0 Å². The molecule has 110 valence electrons. The standard InChI is InChI=1S/C16H12N2O2S2/c1-22(19,20)14-8-9-17-15-12(14)7-6-11-10-4-2-3-5-13(10)21-18-16(11)15/h2-9,18H,1H3. The van der Waals surface area contributed by atoms with Crippen LogP contribution in [0.4, 0.5) is 5.69 Å². The van der Waals surface area contributed by atoms with Crippen LogP contribution in [0.25, 0.3) is 22.0 Å². The normalized spacial score (nSPS) is 13.3. The summed E-state index contributed by atoms with van der Waals surface area (Å²) >= 11 is 1.52. The van der Waals surface area contributed by atoms with E-state index in [9.17, 15) is 8.42 Å². The van der Waals surface area contributed by atoms with Gasteiger partial charge in [0.1, 0.15) is 0 Å². The minimum absolute atomic E-state index is 0.311. The SMILES string of the molecule is CS(=O)(=O)c1ccnc2c3c(ccc12)-c1ccccc1SN3. The minimum atomic E-state index is -3.29. The van der Waals surface area contributed by atoms with Gasteiger partial charge in [0, 0.05) is 28.3 Å². The molecule has 0 bridgehead atoms. The fourth-order valence-corrected chi connectivity index (χ4v) is 4.45. The molecule has 0 radical (unpaired) electrons. The van der Waals surface area contributed by atoms with Crippen LogP contribution in [0.1, 0.15) is 0 Å². The van der Waals surface area contributed by atoms with Crippen molar-refractivity contribution in [2.75, 3.05) is 11.0 Å². The quantitative estimate of drug-likeness (QED) is 0.690. The minimum Gasteiger partial charge on any atom is -0.323 e. The van der Waals surface area contributed by atoms with Gasteiger partial charge in [0.2, 0.25) is 0 Å². The number of nitrogens with one attached hydrogen (secondary N) is 1. The molecule has 3 aromatic rings. The van der Waals surface area contributed by atoms with Crippen LogP contribution in [0.2, 0.25) is 0 Å². The second-order valence-corrected chi connectivity index (χ2v) is 8.00. The monoisotopic (exact) mass is 328 g/mol. The topological polar surface area (TPSA) is 59.1 Å². The molecule has 0 amide bonds. The van der Waals surface area contributed by atoms with Crippen molar-refractivity contribution in [2.24, 2.45) is 0 Å². The van der Waals surface area contributed by atoms with Gasteiger partial charge in [-0.3, -0.25) is 4.98 Å². The van der Waals surface area contributed by atoms with E-state index >= 15 is 0 Å². The number of hydrogen-bond donors (Lipinski definition) is 1. The molecule has 22 heavy (non-hydrogen) atoms. The highest BCUT2D eigenvalue weighted by molar-refractivity contribution is 8.00. The summed E-state index contributed by atoms with van der Waals surface area (Å²) in [5, 5.41) is 0.649. The fourth-order valence-electron chi connectivity index (χ4n) is 2.73. The Kier molecular flexibility index (Phi) is 2.92. The Morgan fingerprint density at radius 3 is 2.68 bits per heavy atom. The first-order chi connectivity index (χ1) is 10.6. The number of nitrogens with zero attached hydrogens (tertiary/aromatic N) is 1. The zero-order chi connectivity index (χ0) is 15.3. The average Bonchev–Trinajstić information content (AvgIpc) is 2.52. The Hall–Kier alpha value is -2.05. The molecule has 0 spiro atoms. The highest BCUT2D eigenvalue weighted by Gasteiger charge is 2.21. The first-order valence-corrected chi connectivity index (χ1v) is 9.40. The van der Waals surface area contributed by atoms with E-state index in [0.717, 1.165) is 21.7 Å². The molecule has 2 aromatic carbocycles. The number of rotatable bonds is 1. The maximum absolute atomic E-state index is 12.0. The van der Waals surface area contributed by atoms with Gasteiger partial charge in [-0.15, -0.1) is 0 Å². The molecule has 0 fully saturated rings. The van der Waals surface area contributed by atoms with E-state index in [2.05, 4.69) is 21.8 Å². The maximum Gasteiger partial charge on any atom is 0.176 e. The van der Waals surface area contributed by atoms with E-state index < -0.39 is 9.84 Å². The van der Waals surface area contributed by atoms with Gasteiger partial charge in [-0.25, -0.2) is 8.42 Å². The zero-order valence-corrected chi connectivity index (χ0v) is 13.3.